The smallest absolute Gasteiger partial charge is 0.219 e. The van der Waals surface area contributed by atoms with Crippen LogP contribution in [0.1, 0.15) is 52.7 Å². The molecule has 0 radical (unpaired) electrons. The molecule has 34 heavy (non-hydrogen) atoms. The lowest BCUT2D eigenvalue weighted by Crippen LogP contribution is -2.13. The van der Waals surface area contributed by atoms with Crippen molar-refractivity contribution in [1.82, 2.24) is 9.97 Å². The zero-order valence-corrected chi connectivity index (χ0v) is 20.8. The van der Waals surface area contributed by atoms with E-state index in [9.17, 15) is 0 Å². The third kappa shape index (κ3) is 5.45. The molecule has 4 rings (SSSR count). The molecule has 4 heteroatoms. The Morgan fingerprint density at radius 2 is 0.941 bits per heavy atom. The second kappa shape index (κ2) is 9.30. The fraction of sp³-hybridized carbons (Fsp3) is 0.267. The SMILES string of the molecule is CC(C)(C)c1ccc(-c2ccc(C(C)(C)C)c(Oc3ccccn3)c2)cc1Oc1ccccn1. The zero-order valence-electron chi connectivity index (χ0n) is 20.8. The Hall–Kier alpha value is -3.66. The Kier molecular flexibility index (Phi) is 6.43. The van der Waals surface area contributed by atoms with Gasteiger partial charge in [-0.15, -0.1) is 0 Å². The second-order valence-corrected chi connectivity index (χ2v) is 10.5. The molecule has 0 fully saturated rings. The van der Waals surface area contributed by atoms with Gasteiger partial charge in [-0.05, 0) is 46.2 Å². The van der Waals surface area contributed by atoms with Gasteiger partial charge in [0, 0.05) is 35.7 Å². The van der Waals surface area contributed by atoms with Crippen molar-refractivity contribution in [3.8, 4) is 34.4 Å². The van der Waals surface area contributed by atoms with Gasteiger partial charge in [0.15, 0.2) is 0 Å². The van der Waals surface area contributed by atoms with Crippen molar-refractivity contribution in [2.75, 3.05) is 0 Å². The van der Waals surface area contributed by atoms with Gasteiger partial charge < -0.3 is 9.47 Å². The number of hydrogen-bond donors (Lipinski definition) is 0. The molecule has 0 aliphatic heterocycles. The van der Waals surface area contributed by atoms with Gasteiger partial charge in [0.1, 0.15) is 11.5 Å². The Morgan fingerprint density at radius 3 is 1.26 bits per heavy atom. The van der Waals surface area contributed by atoms with E-state index in [2.05, 4.69) is 87.9 Å². The van der Waals surface area contributed by atoms with Gasteiger partial charge in [0.2, 0.25) is 11.8 Å². The highest BCUT2D eigenvalue weighted by Gasteiger charge is 2.23. The Morgan fingerprint density at radius 1 is 0.529 bits per heavy atom. The third-order valence-corrected chi connectivity index (χ3v) is 5.62. The quantitative estimate of drug-likeness (QED) is 0.305. The van der Waals surface area contributed by atoms with Gasteiger partial charge in [0.05, 0.1) is 0 Å². The number of rotatable bonds is 5. The lowest BCUT2D eigenvalue weighted by Gasteiger charge is -2.24. The number of hydrogen-bond acceptors (Lipinski definition) is 4. The van der Waals surface area contributed by atoms with Crippen molar-refractivity contribution in [2.24, 2.45) is 0 Å². The minimum absolute atomic E-state index is 0.0774. The topological polar surface area (TPSA) is 44.2 Å². The molecule has 0 bridgehead atoms. The van der Waals surface area contributed by atoms with Crippen LogP contribution in [0.3, 0.4) is 0 Å². The van der Waals surface area contributed by atoms with E-state index in [0.29, 0.717) is 11.8 Å². The molecule has 0 saturated heterocycles. The van der Waals surface area contributed by atoms with E-state index in [0.717, 1.165) is 33.8 Å². The number of benzene rings is 2. The van der Waals surface area contributed by atoms with Crippen molar-refractivity contribution in [3.05, 3.63) is 96.3 Å². The Bertz CT molecular complexity index is 1150. The van der Waals surface area contributed by atoms with Crippen molar-refractivity contribution in [1.29, 1.82) is 0 Å². The summed E-state index contributed by atoms with van der Waals surface area (Å²) in [5, 5.41) is 0. The van der Waals surface area contributed by atoms with E-state index >= 15 is 0 Å². The fourth-order valence-corrected chi connectivity index (χ4v) is 3.85. The van der Waals surface area contributed by atoms with Crippen molar-refractivity contribution in [2.45, 2.75) is 52.4 Å². The molecule has 0 atom stereocenters. The van der Waals surface area contributed by atoms with Crippen LogP contribution in [0.4, 0.5) is 0 Å². The molecule has 2 aromatic heterocycles. The normalized spacial score (nSPS) is 11.8. The molecule has 2 aromatic carbocycles. The van der Waals surface area contributed by atoms with Crippen LogP contribution >= 0.6 is 0 Å². The summed E-state index contributed by atoms with van der Waals surface area (Å²) in [6, 6.07) is 24.1. The summed E-state index contributed by atoms with van der Waals surface area (Å²) in [4.78, 5) is 8.70. The number of nitrogens with zero attached hydrogens (tertiary/aromatic N) is 2. The summed E-state index contributed by atoms with van der Waals surface area (Å²) in [7, 11) is 0. The molecule has 4 nitrogen and oxygen atoms in total. The first kappa shape index (κ1) is 23.5. The molecule has 4 aromatic rings. The highest BCUT2D eigenvalue weighted by molar-refractivity contribution is 5.69. The average molecular weight is 453 g/mol. The molecule has 0 amide bonds. The summed E-state index contributed by atoms with van der Waals surface area (Å²) in [6.45, 7) is 13.1. The monoisotopic (exact) mass is 452 g/mol. The van der Waals surface area contributed by atoms with E-state index in [1.54, 1.807) is 12.4 Å². The molecular formula is C30H32N2O2. The summed E-state index contributed by atoms with van der Waals surface area (Å²) in [6.07, 6.45) is 3.48. The highest BCUT2D eigenvalue weighted by Crippen LogP contribution is 2.40. The van der Waals surface area contributed by atoms with Crippen LogP contribution in [-0.2, 0) is 10.8 Å². The summed E-state index contributed by atoms with van der Waals surface area (Å²) >= 11 is 0. The van der Waals surface area contributed by atoms with Crippen molar-refractivity contribution in [3.63, 3.8) is 0 Å². The van der Waals surface area contributed by atoms with Gasteiger partial charge >= 0.3 is 0 Å². The van der Waals surface area contributed by atoms with Gasteiger partial charge in [-0.3, -0.25) is 0 Å². The van der Waals surface area contributed by atoms with Crippen LogP contribution in [0.5, 0.6) is 23.3 Å². The van der Waals surface area contributed by atoms with Crippen molar-refractivity contribution < 1.29 is 9.47 Å². The van der Waals surface area contributed by atoms with Crippen LogP contribution in [0.15, 0.2) is 85.2 Å². The molecule has 0 unspecified atom stereocenters. The summed E-state index contributed by atoms with van der Waals surface area (Å²) in [5.41, 5.74) is 4.18. The molecule has 0 aliphatic carbocycles. The van der Waals surface area contributed by atoms with Gasteiger partial charge in [0.25, 0.3) is 0 Å². The van der Waals surface area contributed by atoms with E-state index in [-0.39, 0.29) is 10.8 Å². The zero-order chi connectivity index (χ0) is 24.3. The van der Waals surface area contributed by atoms with E-state index in [1.165, 1.54) is 0 Å². The first-order valence-corrected chi connectivity index (χ1v) is 11.6. The highest BCUT2D eigenvalue weighted by atomic mass is 16.5. The number of pyridine rings is 2. The molecular weight excluding hydrogens is 420 g/mol. The van der Waals surface area contributed by atoms with E-state index in [1.807, 2.05) is 36.4 Å². The average Bonchev–Trinajstić information content (AvgIpc) is 2.79. The first-order valence-electron chi connectivity index (χ1n) is 11.6. The van der Waals surface area contributed by atoms with E-state index < -0.39 is 0 Å². The predicted molar refractivity (Wildman–Crippen MR) is 138 cm³/mol. The molecule has 0 N–H and O–H groups in total. The van der Waals surface area contributed by atoms with Crippen LogP contribution in [0.25, 0.3) is 11.1 Å². The van der Waals surface area contributed by atoms with Crippen LogP contribution < -0.4 is 9.47 Å². The van der Waals surface area contributed by atoms with Gasteiger partial charge in [-0.25, -0.2) is 9.97 Å². The standard InChI is InChI=1S/C30H32N2O2/c1-29(2,3)23-15-13-21(19-25(23)33-27-11-7-9-17-31-27)22-14-16-24(30(4,5)6)26(20-22)34-28-12-8-10-18-32-28/h7-20H,1-6H3. The number of aromatic nitrogens is 2. The fourth-order valence-electron chi connectivity index (χ4n) is 3.85. The maximum atomic E-state index is 6.25. The minimum atomic E-state index is -0.0774. The van der Waals surface area contributed by atoms with Gasteiger partial charge in [-0.2, -0.15) is 0 Å². The lowest BCUT2D eigenvalue weighted by molar-refractivity contribution is 0.439. The Balaban J connectivity index is 1.79. The van der Waals surface area contributed by atoms with Crippen LogP contribution in [0.2, 0.25) is 0 Å². The summed E-state index contributed by atoms with van der Waals surface area (Å²) < 4.78 is 12.5. The van der Waals surface area contributed by atoms with Crippen molar-refractivity contribution >= 4 is 0 Å². The Labute approximate surface area is 202 Å². The molecule has 0 spiro atoms. The minimum Gasteiger partial charge on any atom is -0.439 e. The molecule has 2 heterocycles. The number of ether oxygens (including phenoxy) is 2. The van der Waals surface area contributed by atoms with Gasteiger partial charge in [-0.1, -0.05) is 77.9 Å². The maximum Gasteiger partial charge on any atom is 0.219 e. The lowest BCUT2D eigenvalue weighted by atomic mass is 9.84. The second-order valence-electron chi connectivity index (χ2n) is 10.5. The first-order chi connectivity index (χ1) is 16.1. The van der Waals surface area contributed by atoms with Crippen LogP contribution in [-0.4, -0.2) is 9.97 Å². The summed E-state index contributed by atoms with van der Waals surface area (Å²) in [5.74, 6) is 2.76. The largest absolute Gasteiger partial charge is 0.439 e. The molecule has 0 saturated carbocycles. The maximum absolute atomic E-state index is 6.25. The van der Waals surface area contributed by atoms with Crippen LogP contribution in [0, 0.1) is 0 Å². The molecule has 0 aliphatic rings. The van der Waals surface area contributed by atoms with E-state index in [4.69, 9.17) is 9.47 Å². The third-order valence-electron chi connectivity index (χ3n) is 5.62. The predicted octanol–water partition coefficient (Wildman–Crippen LogP) is 8.32. The molecule has 174 valence electrons.